The fourth-order valence-electron chi connectivity index (χ4n) is 1.59. The molecule has 8 heteroatoms. The summed E-state index contributed by atoms with van der Waals surface area (Å²) in [6, 6.07) is 1.72. The summed E-state index contributed by atoms with van der Waals surface area (Å²) >= 11 is 2.34. The lowest BCUT2D eigenvalue weighted by molar-refractivity contribution is -0.128. The highest BCUT2D eigenvalue weighted by Gasteiger charge is 2.28. The Balaban J connectivity index is 2.18. The van der Waals surface area contributed by atoms with Gasteiger partial charge in [-0.05, 0) is 17.0 Å². The first kappa shape index (κ1) is 13.1. The first-order chi connectivity index (χ1) is 8.63. The van der Waals surface area contributed by atoms with E-state index in [1.807, 2.05) is 5.43 Å². The van der Waals surface area contributed by atoms with E-state index < -0.39 is 5.91 Å². The first-order valence-corrected chi connectivity index (χ1v) is 7.04. The van der Waals surface area contributed by atoms with Gasteiger partial charge in [0.2, 0.25) is 5.91 Å². The number of carbonyl (C=O) groups is 3. The quantitative estimate of drug-likeness (QED) is 0.490. The molecule has 18 heavy (non-hydrogen) atoms. The molecule has 0 unspecified atom stereocenters. The van der Waals surface area contributed by atoms with E-state index in [0.717, 1.165) is 11.8 Å². The molecule has 3 amide bonds. The molecular formula is C10H11N3O3S2. The Bertz CT molecular complexity index is 484. The molecule has 0 saturated carbocycles. The lowest BCUT2D eigenvalue weighted by atomic mass is 10.2. The lowest BCUT2D eigenvalue weighted by Crippen LogP contribution is -2.38. The SMILES string of the molecule is NNC(=O)c1sccc1CN1C(=O)CCSC1=O. The molecule has 1 aromatic heterocycles. The minimum atomic E-state index is -0.412. The van der Waals surface area contributed by atoms with Gasteiger partial charge in [-0.3, -0.25) is 24.7 Å². The highest BCUT2D eigenvalue weighted by molar-refractivity contribution is 8.13. The molecule has 0 radical (unpaired) electrons. The third-order valence-electron chi connectivity index (χ3n) is 2.48. The normalized spacial score (nSPS) is 15.9. The predicted molar refractivity (Wildman–Crippen MR) is 69.0 cm³/mol. The maximum absolute atomic E-state index is 11.7. The number of hydrogen-bond acceptors (Lipinski definition) is 6. The number of nitrogens with two attached hydrogens (primary N) is 1. The largest absolute Gasteiger partial charge is 0.289 e. The van der Waals surface area contributed by atoms with Crippen LogP contribution in [0, 0.1) is 0 Å². The molecule has 0 aromatic carbocycles. The summed E-state index contributed by atoms with van der Waals surface area (Å²) in [6.07, 6.45) is 0.346. The van der Waals surface area contributed by atoms with Crippen molar-refractivity contribution >= 4 is 40.2 Å². The average molecular weight is 285 g/mol. The van der Waals surface area contributed by atoms with Gasteiger partial charge in [-0.1, -0.05) is 11.8 Å². The maximum Gasteiger partial charge on any atom is 0.288 e. The Morgan fingerprint density at radius 3 is 2.94 bits per heavy atom. The van der Waals surface area contributed by atoms with E-state index in [0.29, 0.717) is 22.6 Å². The van der Waals surface area contributed by atoms with E-state index in [1.54, 1.807) is 11.4 Å². The van der Waals surface area contributed by atoms with E-state index >= 15 is 0 Å². The summed E-state index contributed by atoms with van der Waals surface area (Å²) in [5.74, 6) is 4.98. The number of nitrogens with zero attached hydrogens (tertiary/aromatic N) is 1. The van der Waals surface area contributed by atoms with Crippen molar-refractivity contribution in [3.8, 4) is 0 Å². The maximum atomic E-state index is 11.7. The van der Waals surface area contributed by atoms with Crippen LogP contribution in [0.1, 0.15) is 21.7 Å². The summed E-state index contributed by atoms with van der Waals surface area (Å²) in [6.45, 7) is 0.122. The molecule has 1 aliphatic rings. The molecule has 0 spiro atoms. The molecule has 2 rings (SSSR count). The van der Waals surface area contributed by atoms with Crippen LogP contribution in [0.5, 0.6) is 0 Å². The number of rotatable bonds is 3. The molecule has 0 aliphatic carbocycles. The first-order valence-electron chi connectivity index (χ1n) is 5.18. The number of thiophene rings is 1. The van der Waals surface area contributed by atoms with Gasteiger partial charge in [0, 0.05) is 12.2 Å². The molecular weight excluding hydrogens is 274 g/mol. The smallest absolute Gasteiger partial charge is 0.288 e. The molecule has 0 atom stereocenters. The van der Waals surface area contributed by atoms with Crippen molar-refractivity contribution in [3.05, 3.63) is 21.9 Å². The van der Waals surface area contributed by atoms with Crippen molar-refractivity contribution in [1.82, 2.24) is 10.3 Å². The molecule has 1 saturated heterocycles. The van der Waals surface area contributed by atoms with E-state index in [9.17, 15) is 14.4 Å². The summed E-state index contributed by atoms with van der Waals surface area (Å²) < 4.78 is 0. The van der Waals surface area contributed by atoms with E-state index in [-0.39, 0.29) is 17.7 Å². The predicted octanol–water partition coefficient (Wildman–Crippen LogP) is 0.937. The average Bonchev–Trinajstić information content (AvgIpc) is 2.81. The van der Waals surface area contributed by atoms with E-state index in [2.05, 4.69) is 0 Å². The number of nitrogens with one attached hydrogen (secondary N) is 1. The van der Waals surface area contributed by atoms with Gasteiger partial charge in [-0.2, -0.15) is 0 Å². The number of imide groups is 1. The highest BCUT2D eigenvalue weighted by atomic mass is 32.2. The van der Waals surface area contributed by atoms with Crippen molar-refractivity contribution in [2.45, 2.75) is 13.0 Å². The number of carbonyl (C=O) groups excluding carboxylic acids is 3. The Labute approximate surface area is 111 Å². The second kappa shape index (κ2) is 5.51. The van der Waals surface area contributed by atoms with Gasteiger partial charge in [0.1, 0.15) is 0 Å². The van der Waals surface area contributed by atoms with Crippen LogP contribution >= 0.6 is 23.1 Å². The molecule has 1 aliphatic heterocycles. The van der Waals surface area contributed by atoms with Crippen LogP contribution in [0.4, 0.5) is 4.79 Å². The lowest BCUT2D eigenvalue weighted by Gasteiger charge is -2.24. The van der Waals surface area contributed by atoms with Crippen LogP contribution in [0.2, 0.25) is 0 Å². The Hall–Kier alpha value is -1.38. The minimum absolute atomic E-state index is 0.122. The topological polar surface area (TPSA) is 92.5 Å². The Morgan fingerprint density at radius 1 is 1.50 bits per heavy atom. The van der Waals surface area contributed by atoms with Crippen molar-refractivity contribution in [2.75, 3.05) is 5.75 Å². The fraction of sp³-hybridized carbons (Fsp3) is 0.300. The number of thioether (sulfide) groups is 1. The molecule has 6 nitrogen and oxygen atoms in total. The zero-order chi connectivity index (χ0) is 13.1. The van der Waals surface area contributed by atoms with Crippen LogP contribution in [-0.2, 0) is 11.3 Å². The third-order valence-corrected chi connectivity index (χ3v) is 4.31. The molecule has 1 fully saturated rings. The van der Waals surface area contributed by atoms with Crippen LogP contribution in [0.25, 0.3) is 0 Å². The molecule has 0 bridgehead atoms. The van der Waals surface area contributed by atoms with Gasteiger partial charge in [0.25, 0.3) is 11.1 Å². The second-order valence-electron chi connectivity index (χ2n) is 3.59. The second-order valence-corrected chi connectivity index (χ2v) is 5.55. The van der Waals surface area contributed by atoms with Crippen molar-refractivity contribution < 1.29 is 14.4 Å². The summed E-state index contributed by atoms with van der Waals surface area (Å²) in [7, 11) is 0. The van der Waals surface area contributed by atoms with Gasteiger partial charge in [-0.25, -0.2) is 5.84 Å². The van der Waals surface area contributed by atoms with Crippen LogP contribution in [0.15, 0.2) is 11.4 Å². The van der Waals surface area contributed by atoms with Gasteiger partial charge in [-0.15, -0.1) is 11.3 Å². The van der Waals surface area contributed by atoms with Gasteiger partial charge >= 0.3 is 0 Å². The number of amides is 3. The van der Waals surface area contributed by atoms with Crippen molar-refractivity contribution in [3.63, 3.8) is 0 Å². The highest BCUT2D eigenvalue weighted by Crippen LogP contribution is 2.24. The van der Waals surface area contributed by atoms with E-state index in [1.165, 1.54) is 16.2 Å². The zero-order valence-electron chi connectivity index (χ0n) is 9.34. The zero-order valence-corrected chi connectivity index (χ0v) is 11.0. The van der Waals surface area contributed by atoms with Gasteiger partial charge < -0.3 is 0 Å². The van der Waals surface area contributed by atoms with E-state index in [4.69, 9.17) is 5.84 Å². The summed E-state index contributed by atoms with van der Waals surface area (Å²) in [5.41, 5.74) is 2.68. The standard InChI is InChI=1S/C10H11N3O3S2/c11-12-9(15)8-6(1-3-17-8)5-13-7(14)2-4-18-10(13)16/h1,3H,2,4-5,11H2,(H,12,15). The Kier molecular flexibility index (Phi) is 4.00. The van der Waals surface area contributed by atoms with Crippen molar-refractivity contribution in [1.29, 1.82) is 0 Å². The number of hydrogen-bond donors (Lipinski definition) is 2. The van der Waals surface area contributed by atoms with Crippen LogP contribution < -0.4 is 11.3 Å². The fourth-order valence-corrected chi connectivity index (χ4v) is 3.18. The van der Waals surface area contributed by atoms with Crippen molar-refractivity contribution in [2.24, 2.45) is 5.84 Å². The minimum Gasteiger partial charge on any atom is -0.289 e. The van der Waals surface area contributed by atoms with Crippen LogP contribution in [0.3, 0.4) is 0 Å². The monoisotopic (exact) mass is 285 g/mol. The molecule has 2 heterocycles. The summed E-state index contributed by atoms with van der Waals surface area (Å²) in [5, 5.41) is 1.46. The Morgan fingerprint density at radius 2 is 2.28 bits per heavy atom. The summed E-state index contributed by atoms with van der Waals surface area (Å²) in [4.78, 5) is 36.4. The molecule has 1 aromatic rings. The van der Waals surface area contributed by atoms with Gasteiger partial charge in [0.15, 0.2) is 0 Å². The van der Waals surface area contributed by atoms with Gasteiger partial charge in [0.05, 0.1) is 11.4 Å². The molecule has 96 valence electrons. The number of hydrazine groups is 1. The number of nitrogen functional groups attached to an aromatic ring is 1. The molecule has 3 N–H and O–H groups in total. The van der Waals surface area contributed by atoms with Crippen LogP contribution in [-0.4, -0.2) is 27.7 Å². The third kappa shape index (κ3) is 2.55.